The quantitative estimate of drug-likeness (QED) is 0.413. The molecule has 2 aromatic heterocycles. The molecule has 27 heavy (non-hydrogen) atoms. The number of hydrogen-bond acceptors (Lipinski definition) is 6. The molecule has 1 atom stereocenters. The van der Waals surface area contributed by atoms with E-state index in [-0.39, 0.29) is 11.9 Å². The van der Waals surface area contributed by atoms with Gasteiger partial charge in [0.1, 0.15) is 0 Å². The summed E-state index contributed by atoms with van der Waals surface area (Å²) in [5.74, 6) is 0.601. The van der Waals surface area contributed by atoms with Gasteiger partial charge in [-0.3, -0.25) is 19.2 Å². The summed E-state index contributed by atoms with van der Waals surface area (Å²) in [6.07, 6.45) is 7.12. The number of hydrogen-bond donors (Lipinski definition) is 0. The second-order valence-electron chi connectivity index (χ2n) is 6.55. The number of nitrogens with zero attached hydrogens (tertiary/aromatic N) is 5. The summed E-state index contributed by atoms with van der Waals surface area (Å²) >= 11 is 5.65. The average molecular weight is 388 g/mol. The molecule has 0 aromatic carbocycles. The van der Waals surface area contributed by atoms with E-state index >= 15 is 0 Å². The van der Waals surface area contributed by atoms with E-state index in [0.717, 1.165) is 30.8 Å². The van der Waals surface area contributed by atoms with Gasteiger partial charge in [-0.05, 0) is 50.7 Å². The average Bonchev–Trinajstić information content (AvgIpc) is 2.99. The van der Waals surface area contributed by atoms with E-state index in [1.807, 2.05) is 34.4 Å². The van der Waals surface area contributed by atoms with Gasteiger partial charge in [0.05, 0.1) is 19.2 Å². The number of piperidine rings is 1. The molecule has 1 saturated heterocycles. The van der Waals surface area contributed by atoms with Crippen LogP contribution in [0.15, 0.2) is 37.2 Å². The van der Waals surface area contributed by atoms with Crippen LogP contribution in [0.1, 0.15) is 19.8 Å². The van der Waals surface area contributed by atoms with Crippen LogP contribution >= 0.6 is 12.2 Å². The molecule has 1 fully saturated rings. The standard InChI is InChI=1S/C19H25N5O2S/c1-3-11-23-17(15-7-9-20-10-8-15)21-24(19(23)27)14-22-12-5-6-16(13-22)18(25)26-4-2/h3,7-10,16H,1,4-6,11-14H2,2H3. The SMILES string of the molecule is C=CCn1c(-c2ccncc2)nn(CN2CCCC(C(=O)OCC)C2)c1=S. The molecule has 0 bridgehead atoms. The number of likely N-dealkylation sites (tertiary alicyclic amines) is 1. The molecule has 0 saturated carbocycles. The van der Waals surface area contributed by atoms with E-state index in [1.165, 1.54) is 0 Å². The van der Waals surface area contributed by atoms with Crippen molar-refractivity contribution in [1.29, 1.82) is 0 Å². The van der Waals surface area contributed by atoms with Crippen molar-refractivity contribution < 1.29 is 9.53 Å². The van der Waals surface area contributed by atoms with E-state index < -0.39 is 0 Å². The third-order valence-corrected chi connectivity index (χ3v) is 5.06. The lowest BCUT2D eigenvalue weighted by Crippen LogP contribution is -2.40. The van der Waals surface area contributed by atoms with Crippen molar-refractivity contribution in [2.24, 2.45) is 5.92 Å². The minimum Gasteiger partial charge on any atom is -0.466 e. The van der Waals surface area contributed by atoms with Crippen molar-refractivity contribution in [3.8, 4) is 11.4 Å². The smallest absolute Gasteiger partial charge is 0.310 e. The number of allylic oxidation sites excluding steroid dienone is 1. The van der Waals surface area contributed by atoms with E-state index in [4.69, 9.17) is 22.1 Å². The van der Waals surface area contributed by atoms with Gasteiger partial charge in [0.2, 0.25) is 0 Å². The van der Waals surface area contributed by atoms with Crippen LogP contribution in [0.3, 0.4) is 0 Å². The third-order valence-electron chi connectivity index (χ3n) is 4.63. The fourth-order valence-corrected chi connectivity index (χ4v) is 3.63. The molecule has 1 unspecified atom stereocenters. The maximum atomic E-state index is 12.1. The van der Waals surface area contributed by atoms with Crippen LogP contribution < -0.4 is 0 Å². The highest BCUT2D eigenvalue weighted by atomic mass is 32.1. The molecule has 3 rings (SSSR count). The van der Waals surface area contributed by atoms with Crippen molar-refractivity contribution in [3.05, 3.63) is 42.0 Å². The molecule has 8 heteroatoms. The topological polar surface area (TPSA) is 65.2 Å². The fourth-order valence-electron chi connectivity index (χ4n) is 3.37. The Kier molecular flexibility index (Phi) is 6.52. The summed E-state index contributed by atoms with van der Waals surface area (Å²) < 4.78 is 9.61. The van der Waals surface area contributed by atoms with Crippen molar-refractivity contribution >= 4 is 18.2 Å². The Balaban J connectivity index is 1.82. The van der Waals surface area contributed by atoms with Crippen LogP contribution in [-0.4, -0.2) is 49.9 Å². The number of rotatable bonds is 7. The second-order valence-corrected chi connectivity index (χ2v) is 6.92. The summed E-state index contributed by atoms with van der Waals surface area (Å²) in [6.45, 7) is 8.80. The normalized spacial score (nSPS) is 17.6. The Bertz CT molecular complexity index is 846. The van der Waals surface area contributed by atoms with E-state index in [9.17, 15) is 4.79 Å². The molecule has 2 aromatic rings. The molecule has 0 N–H and O–H groups in total. The first-order valence-corrected chi connectivity index (χ1v) is 9.62. The first kappa shape index (κ1) is 19.4. The van der Waals surface area contributed by atoms with Crippen molar-refractivity contribution in [2.75, 3.05) is 19.7 Å². The van der Waals surface area contributed by atoms with Gasteiger partial charge in [0.25, 0.3) is 0 Å². The van der Waals surface area contributed by atoms with Crippen LogP contribution in [0.25, 0.3) is 11.4 Å². The van der Waals surface area contributed by atoms with Crippen LogP contribution in [0.2, 0.25) is 0 Å². The summed E-state index contributed by atoms with van der Waals surface area (Å²) in [7, 11) is 0. The largest absolute Gasteiger partial charge is 0.466 e. The highest BCUT2D eigenvalue weighted by Crippen LogP contribution is 2.21. The van der Waals surface area contributed by atoms with Crippen LogP contribution in [0.5, 0.6) is 0 Å². The molecule has 3 heterocycles. The van der Waals surface area contributed by atoms with Crippen molar-refractivity contribution in [1.82, 2.24) is 24.2 Å². The molecule has 7 nitrogen and oxygen atoms in total. The first-order chi connectivity index (χ1) is 13.1. The molecular weight excluding hydrogens is 362 g/mol. The van der Waals surface area contributed by atoms with E-state index in [1.54, 1.807) is 12.4 Å². The zero-order valence-electron chi connectivity index (χ0n) is 15.6. The lowest BCUT2D eigenvalue weighted by Gasteiger charge is -2.31. The van der Waals surface area contributed by atoms with Gasteiger partial charge in [-0.2, -0.15) is 5.10 Å². The minimum atomic E-state index is -0.111. The minimum absolute atomic E-state index is 0.0807. The van der Waals surface area contributed by atoms with Gasteiger partial charge in [0, 0.05) is 31.0 Å². The molecule has 0 spiro atoms. The van der Waals surface area contributed by atoms with Crippen LogP contribution in [0.4, 0.5) is 0 Å². The predicted octanol–water partition coefficient (Wildman–Crippen LogP) is 2.89. The Labute approximate surface area is 164 Å². The maximum absolute atomic E-state index is 12.1. The molecule has 0 aliphatic carbocycles. The number of carbonyl (C=O) groups is 1. The zero-order chi connectivity index (χ0) is 19.2. The highest BCUT2D eigenvalue weighted by molar-refractivity contribution is 7.71. The Morgan fingerprint density at radius 1 is 1.44 bits per heavy atom. The van der Waals surface area contributed by atoms with E-state index in [2.05, 4.69) is 16.5 Å². The van der Waals surface area contributed by atoms with Gasteiger partial charge in [0.15, 0.2) is 10.6 Å². The summed E-state index contributed by atoms with van der Waals surface area (Å²) in [5, 5.41) is 4.74. The van der Waals surface area contributed by atoms with Gasteiger partial charge in [-0.25, -0.2) is 4.68 Å². The first-order valence-electron chi connectivity index (χ1n) is 9.22. The molecule has 1 aliphatic rings. The molecule has 0 amide bonds. The summed E-state index contributed by atoms with van der Waals surface area (Å²) in [5.41, 5.74) is 0.958. The second kappa shape index (κ2) is 9.05. The highest BCUT2D eigenvalue weighted by Gasteiger charge is 2.27. The van der Waals surface area contributed by atoms with Gasteiger partial charge < -0.3 is 4.74 Å². The number of pyridine rings is 1. The molecule has 0 radical (unpaired) electrons. The Morgan fingerprint density at radius 3 is 2.93 bits per heavy atom. The zero-order valence-corrected chi connectivity index (χ0v) is 16.4. The van der Waals surface area contributed by atoms with Crippen molar-refractivity contribution in [3.63, 3.8) is 0 Å². The maximum Gasteiger partial charge on any atom is 0.310 e. The van der Waals surface area contributed by atoms with Gasteiger partial charge in [-0.15, -0.1) is 6.58 Å². The monoisotopic (exact) mass is 387 g/mol. The lowest BCUT2D eigenvalue weighted by atomic mass is 9.99. The summed E-state index contributed by atoms with van der Waals surface area (Å²) in [6, 6.07) is 3.83. The lowest BCUT2D eigenvalue weighted by molar-refractivity contribution is -0.150. The van der Waals surface area contributed by atoms with E-state index in [0.29, 0.717) is 31.1 Å². The van der Waals surface area contributed by atoms with Gasteiger partial charge >= 0.3 is 5.97 Å². The third kappa shape index (κ3) is 4.51. The molecule has 1 aliphatic heterocycles. The van der Waals surface area contributed by atoms with Crippen molar-refractivity contribution in [2.45, 2.75) is 33.0 Å². The van der Waals surface area contributed by atoms with Crippen LogP contribution in [-0.2, 0) is 22.7 Å². The van der Waals surface area contributed by atoms with Crippen LogP contribution in [0, 0.1) is 10.7 Å². The van der Waals surface area contributed by atoms with Gasteiger partial charge in [-0.1, -0.05) is 6.08 Å². The Hall–Kier alpha value is -2.32. The Morgan fingerprint density at radius 2 is 2.22 bits per heavy atom. The number of aromatic nitrogens is 4. The predicted molar refractivity (Wildman–Crippen MR) is 105 cm³/mol. The number of ether oxygens (including phenoxy) is 1. The number of esters is 1. The molecular formula is C19H25N5O2S. The molecule has 144 valence electrons. The summed E-state index contributed by atoms with van der Waals surface area (Å²) in [4.78, 5) is 18.4. The number of carbonyl (C=O) groups excluding carboxylic acids is 1. The fraction of sp³-hybridized carbons (Fsp3) is 0.474.